The third kappa shape index (κ3) is 6.00. The largest absolute Gasteiger partial charge is 0.387 e. The topological polar surface area (TPSA) is 78.7 Å². The Bertz CT molecular complexity index is 873. The van der Waals surface area contributed by atoms with Crippen LogP contribution in [0, 0.1) is 6.92 Å². The standard InChI is InChI=1S/C25H36N6O/c1-20-16-22(31-13-11-30(12-14-31)19-21-7-9-27-10-8-21)5-6-24(20)25(29-26)18-28-17-23-4-2-3-15-32-23/h5-10,16,18,23,28-29H,2-4,11-15,17,19,26H2,1H3/b25-18-. The summed E-state index contributed by atoms with van der Waals surface area (Å²) in [5.41, 5.74) is 8.68. The number of ether oxygens (including phenoxy) is 1. The second kappa shape index (κ2) is 11.3. The van der Waals surface area contributed by atoms with Crippen molar-refractivity contribution < 1.29 is 4.74 Å². The molecule has 1 unspecified atom stereocenters. The van der Waals surface area contributed by atoms with E-state index >= 15 is 0 Å². The van der Waals surface area contributed by atoms with Crippen LogP contribution in [0.3, 0.4) is 0 Å². The SMILES string of the molecule is Cc1cc(N2CCN(Cc3ccncc3)CC2)ccc1/C(=C/NCC1CCCCO1)NN. The van der Waals surface area contributed by atoms with Gasteiger partial charge in [-0.1, -0.05) is 6.07 Å². The van der Waals surface area contributed by atoms with Gasteiger partial charge in [0.25, 0.3) is 0 Å². The summed E-state index contributed by atoms with van der Waals surface area (Å²) in [6.45, 7) is 9.01. The molecule has 7 heteroatoms. The average molecular weight is 437 g/mol. The lowest BCUT2D eigenvalue weighted by Crippen LogP contribution is -2.46. The lowest BCUT2D eigenvalue weighted by molar-refractivity contribution is 0.0188. The van der Waals surface area contributed by atoms with E-state index in [1.165, 1.54) is 29.7 Å². The molecule has 2 aliphatic heterocycles. The number of piperazine rings is 1. The molecule has 7 nitrogen and oxygen atoms in total. The first-order valence-electron chi connectivity index (χ1n) is 11.7. The van der Waals surface area contributed by atoms with Gasteiger partial charge in [0.1, 0.15) is 0 Å². The summed E-state index contributed by atoms with van der Waals surface area (Å²) in [7, 11) is 0. The predicted octanol–water partition coefficient (Wildman–Crippen LogP) is 2.63. The number of nitrogens with zero attached hydrogens (tertiary/aromatic N) is 3. The zero-order valence-electron chi connectivity index (χ0n) is 19.1. The summed E-state index contributed by atoms with van der Waals surface area (Å²) in [5.74, 6) is 5.84. The quantitative estimate of drug-likeness (QED) is 0.434. The number of pyridine rings is 1. The van der Waals surface area contributed by atoms with E-state index in [0.29, 0.717) is 6.10 Å². The van der Waals surface area contributed by atoms with Crippen molar-refractivity contribution in [2.45, 2.75) is 38.8 Å². The fraction of sp³-hybridized carbons (Fsp3) is 0.480. The average Bonchev–Trinajstić information content (AvgIpc) is 2.84. The van der Waals surface area contributed by atoms with Crippen LogP contribution in [0.4, 0.5) is 5.69 Å². The van der Waals surface area contributed by atoms with Crippen LogP contribution >= 0.6 is 0 Å². The number of hydrogen-bond donors (Lipinski definition) is 3. The Labute approximate surface area is 191 Å². The van der Waals surface area contributed by atoms with Gasteiger partial charge in [-0.3, -0.25) is 15.7 Å². The highest BCUT2D eigenvalue weighted by atomic mass is 16.5. The molecule has 1 aromatic carbocycles. The summed E-state index contributed by atoms with van der Waals surface area (Å²) in [5, 5.41) is 3.39. The molecule has 0 radical (unpaired) electrons. The summed E-state index contributed by atoms with van der Waals surface area (Å²) >= 11 is 0. The molecule has 1 atom stereocenters. The van der Waals surface area contributed by atoms with Gasteiger partial charge in [-0.2, -0.15) is 0 Å². The predicted molar refractivity (Wildman–Crippen MR) is 130 cm³/mol. The number of benzene rings is 1. The van der Waals surface area contributed by atoms with E-state index in [1.807, 2.05) is 18.6 Å². The van der Waals surface area contributed by atoms with E-state index < -0.39 is 0 Å². The maximum Gasteiger partial charge on any atom is 0.0747 e. The third-order valence-electron chi connectivity index (χ3n) is 6.41. The number of aromatic nitrogens is 1. The van der Waals surface area contributed by atoms with Crippen LogP contribution in [0.25, 0.3) is 5.70 Å². The van der Waals surface area contributed by atoms with E-state index in [2.05, 4.69) is 62.8 Å². The van der Waals surface area contributed by atoms with Crippen molar-refractivity contribution in [1.82, 2.24) is 20.6 Å². The van der Waals surface area contributed by atoms with Crippen molar-refractivity contribution in [1.29, 1.82) is 0 Å². The molecule has 172 valence electrons. The molecule has 1 aromatic heterocycles. The number of nitrogens with two attached hydrogens (primary N) is 1. The number of hydrogen-bond acceptors (Lipinski definition) is 7. The Balaban J connectivity index is 1.32. The Morgan fingerprint density at radius 2 is 1.97 bits per heavy atom. The van der Waals surface area contributed by atoms with Crippen molar-refractivity contribution in [2.24, 2.45) is 5.84 Å². The van der Waals surface area contributed by atoms with Gasteiger partial charge in [0, 0.05) is 75.7 Å². The third-order valence-corrected chi connectivity index (χ3v) is 6.41. The number of anilines is 1. The lowest BCUT2D eigenvalue weighted by Gasteiger charge is -2.36. The minimum absolute atomic E-state index is 0.291. The molecule has 3 heterocycles. The molecular formula is C25H36N6O. The zero-order valence-corrected chi connectivity index (χ0v) is 19.1. The lowest BCUT2D eigenvalue weighted by atomic mass is 10.0. The second-order valence-corrected chi connectivity index (χ2v) is 8.72. The molecule has 0 aliphatic carbocycles. The fourth-order valence-electron chi connectivity index (χ4n) is 4.52. The van der Waals surface area contributed by atoms with E-state index in [0.717, 1.165) is 63.6 Å². The van der Waals surface area contributed by atoms with Crippen molar-refractivity contribution in [3.8, 4) is 0 Å². The van der Waals surface area contributed by atoms with Gasteiger partial charge in [-0.15, -0.1) is 0 Å². The number of rotatable bonds is 8. The van der Waals surface area contributed by atoms with E-state index in [9.17, 15) is 0 Å². The van der Waals surface area contributed by atoms with Crippen LogP contribution in [0.2, 0.25) is 0 Å². The highest BCUT2D eigenvalue weighted by molar-refractivity contribution is 5.69. The molecule has 32 heavy (non-hydrogen) atoms. The number of nitrogens with one attached hydrogen (secondary N) is 2. The van der Waals surface area contributed by atoms with Crippen molar-refractivity contribution in [2.75, 3.05) is 44.2 Å². The molecule has 0 spiro atoms. The highest BCUT2D eigenvalue weighted by Crippen LogP contribution is 2.24. The maximum atomic E-state index is 5.84. The smallest absolute Gasteiger partial charge is 0.0747 e. The second-order valence-electron chi connectivity index (χ2n) is 8.72. The number of hydrazine groups is 1. The summed E-state index contributed by atoms with van der Waals surface area (Å²) in [6.07, 6.45) is 9.54. The van der Waals surface area contributed by atoms with Gasteiger partial charge in [0.05, 0.1) is 11.8 Å². The van der Waals surface area contributed by atoms with Gasteiger partial charge in [0.2, 0.25) is 0 Å². The zero-order chi connectivity index (χ0) is 22.2. The molecule has 0 bridgehead atoms. The number of aryl methyl sites for hydroxylation is 1. The minimum Gasteiger partial charge on any atom is -0.387 e. The molecule has 2 fully saturated rings. The molecule has 2 saturated heterocycles. The van der Waals surface area contributed by atoms with Crippen LogP contribution in [-0.2, 0) is 11.3 Å². The molecule has 2 aromatic rings. The van der Waals surface area contributed by atoms with Gasteiger partial charge in [0.15, 0.2) is 0 Å². The summed E-state index contributed by atoms with van der Waals surface area (Å²) in [4.78, 5) is 9.09. The van der Waals surface area contributed by atoms with E-state index in [-0.39, 0.29) is 0 Å². The Morgan fingerprint density at radius 1 is 1.16 bits per heavy atom. The highest BCUT2D eigenvalue weighted by Gasteiger charge is 2.18. The first kappa shape index (κ1) is 22.6. The first-order valence-corrected chi connectivity index (χ1v) is 11.7. The first-order chi connectivity index (χ1) is 15.7. The molecule has 4 rings (SSSR count). The molecule has 0 amide bonds. The van der Waals surface area contributed by atoms with Crippen LogP contribution in [-0.4, -0.2) is 55.3 Å². The molecule has 2 aliphatic rings. The van der Waals surface area contributed by atoms with Gasteiger partial charge in [-0.05, 0) is 61.6 Å². The summed E-state index contributed by atoms with van der Waals surface area (Å²) < 4.78 is 5.79. The Morgan fingerprint density at radius 3 is 2.66 bits per heavy atom. The van der Waals surface area contributed by atoms with E-state index in [1.54, 1.807) is 0 Å². The van der Waals surface area contributed by atoms with Crippen molar-refractivity contribution in [3.05, 3.63) is 65.6 Å². The Hall–Kier alpha value is -2.61. The van der Waals surface area contributed by atoms with Crippen molar-refractivity contribution >= 4 is 11.4 Å². The van der Waals surface area contributed by atoms with Crippen LogP contribution < -0.4 is 21.5 Å². The molecule has 4 N–H and O–H groups in total. The fourth-order valence-corrected chi connectivity index (χ4v) is 4.52. The van der Waals surface area contributed by atoms with Crippen molar-refractivity contribution in [3.63, 3.8) is 0 Å². The van der Waals surface area contributed by atoms with Crippen LogP contribution in [0.1, 0.15) is 36.0 Å². The monoisotopic (exact) mass is 436 g/mol. The molecular weight excluding hydrogens is 400 g/mol. The Kier molecular flexibility index (Phi) is 7.98. The van der Waals surface area contributed by atoms with Gasteiger partial charge < -0.3 is 20.4 Å². The maximum absolute atomic E-state index is 5.84. The van der Waals surface area contributed by atoms with Crippen LogP contribution in [0.15, 0.2) is 48.9 Å². The molecule has 0 saturated carbocycles. The van der Waals surface area contributed by atoms with Gasteiger partial charge in [-0.25, -0.2) is 0 Å². The van der Waals surface area contributed by atoms with Crippen LogP contribution in [0.5, 0.6) is 0 Å². The summed E-state index contributed by atoms with van der Waals surface area (Å²) in [6, 6.07) is 10.8. The minimum atomic E-state index is 0.291. The van der Waals surface area contributed by atoms with Gasteiger partial charge >= 0.3 is 0 Å². The normalized spacial score (nSPS) is 20.2. The van der Waals surface area contributed by atoms with E-state index in [4.69, 9.17) is 10.6 Å².